The number of hydrogen-bond acceptors (Lipinski definition) is 5. The molecule has 0 bridgehead atoms. The van der Waals surface area contributed by atoms with Gasteiger partial charge in [0.1, 0.15) is 5.75 Å². The molecular weight excluding hydrogens is 246 g/mol. The Morgan fingerprint density at radius 3 is 2.89 bits per heavy atom. The topological polar surface area (TPSA) is 75.6 Å². The number of rotatable bonds is 3. The molecule has 1 unspecified atom stereocenters. The molecule has 1 aromatic carbocycles. The van der Waals surface area contributed by atoms with Gasteiger partial charge in [0, 0.05) is 12.5 Å². The Hall–Kier alpha value is -1.88. The highest BCUT2D eigenvalue weighted by Gasteiger charge is 2.22. The summed E-state index contributed by atoms with van der Waals surface area (Å²) in [5.41, 5.74) is 1.06. The molecule has 1 aliphatic heterocycles. The van der Waals surface area contributed by atoms with E-state index < -0.39 is 5.97 Å². The molecule has 0 spiro atoms. The van der Waals surface area contributed by atoms with Crippen molar-refractivity contribution >= 4 is 12.3 Å². The van der Waals surface area contributed by atoms with Crippen LogP contribution in [0.5, 0.6) is 5.75 Å². The van der Waals surface area contributed by atoms with Crippen molar-refractivity contribution in [2.45, 2.75) is 18.8 Å². The fourth-order valence-electron chi connectivity index (χ4n) is 2.43. The number of phenolic OH excluding ortho intramolecular Hbond substituents is 1. The van der Waals surface area contributed by atoms with Crippen molar-refractivity contribution in [2.75, 3.05) is 20.2 Å². The van der Waals surface area contributed by atoms with Gasteiger partial charge in [0.25, 0.3) is 0 Å². The van der Waals surface area contributed by atoms with Crippen molar-refractivity contribution < 1.29 is 19.4 Å². The quantitative estimate of drug-likeness (QED) is 0.638. The summed E-state index contributed by atoms with van der Waals surface area (Å²) >= 11 is 0. The van der Waals surface area contributed by atoms with Crippen molar-refractivity contribution in [1.82, 2.24) is 5.32 Å². The highest BCUT2D eigenvalue weighted by molar-refractivity contribution is 5.93. The van der Waals surface area contributed by atoms with E-state index in [0.717, 1.165) is 25.9 Å². The summed E-state index contributed by atoms with van der Waals surface area (Å²) in [6.07, 6.45) is 2.48. The number of hydrogen-bond donors (Lipinski definition) is 2. The molecule has 1 saturated heterocycles. The molecule has 0 aromatic heterocycles. The van der Waals surface area contributed by atoms with Crippen LogP contribution < -0.4 is 5.32 Å². The van der Waals surface area contributed by atoms with E-state index in [1.807, 2.05) is 0 Å². The zero-order chi connectivity index (χ0) is 13.8. The lowest BCUT2D eigenvalue weighted by molar-refractivity contribution is 0.0600. The van der Waals surface area contributed by atoms with Gasteiger partial charge in [-0.25, -0.2) is 4.79 Å². The van der Waals surface area contributed by atoms with Crippen LogP contribution in [0.3, 0.4) is 0 Å². The lowest BCUT2D eigenvalue weighted by Crippen LogP contribution is -2.28. The molecule has 0 saturated carbocycles. The van der Waals surface area contributed by atoms with Crippen molar-refractivity contribution in [2.24, 2.45) is 0 Å². The Balaban J connectivity index is 2.45. The first-order chi connectivity index (χ1) is 9.17. The van der Waals surface area contributed by atoms with Gasteiger partial charge in [-0.3, -0.25) is 4.79 Å². The monoisotopic (exact) mass is 263 g/mol. The Morgan fingerprint density at radius 2 is 2.32 bits per heavy atom. The van der Waals surface area contributed by atoms with Gasteiger partial charge in [0.05, 0.1) is 18.2 Å². The molecule has 2 rings (SSSR count). The van der Waals surface area contributed by atoms with Gasteiger partial charge in [0.2, 0.25) is 0 Å². The number of piperidine rings is 1. The van der Waals surface area contributed by atoms with Gasteiger partial charge in [-0.05, 0) is 37.1 Å². The zero-order valence-corrected chi connectivity index (χ0v) is 10.8. The number of nitrogens with one attached hydrogen (secondary N) is 1. The van der Waals surface area contributed by atoms with E-state index in [-0.39, 0.29) is 17.2 Å². The molecule has 5 heteroatoms. The summed E-state index contributed by atoms with van der Waals surface area (Å²) in [6.45, 7) is 1.69. The third-order valence-electron chi connectivity index (χ3n) is 3.45. The SMILES string of the molecule is COC(=O)c1cc(C=O)c(O)c(C2CCCNC2)c1. The number of aldehydes is 1. The van der Waals surface area contributed by atoms with Crippen molar-refractivity contribution in [3.8, 4) is 5.75 Å². The maximum Gasteiger partial charge on any atom is 0.337 e. The highest BCUT2D eigenvalue weighted by Crippen LogP contribution is 2.33. The van der Waals surface area contributed by atoms with Crippen LogP contribution in [0.25, 0.3) is 0 Å². The first-order valence-electron chi connectivity index (χ1n) is 6.28. The van der Waals surface area contributed by atoms with Gasteiger partial charge in [0.15, 0.2) is 6.29 Å². The number of ether oxygens (including phenoxy) is 1. The second-order valence-corrected chi connectivity index (χ2v) is 4.66. The van der Waals surface area contributed by atoms with Crippen LogP contribution in [0.2, 0.25) is 0 Å². The van der Waals surface area contributed by atoms with E-state index in [0.29, 0.717) is 17.4 Å². The van der Waals surface area contributed by atoms with E-state index >= 15 is 0 Å². The second kappa shape index (κ2) is 5.84. The molecule has 1 aliphatic rings. The third kappa shape index (κ3) is 2.76. The number of carbonyl (C=O) groups is 2. The first kappa shape index (κ1) is 13.5. The summed E-state index contributed by atoms with van der Waals surface area (Å²) in [6, 6.07) is 2.97. The van der Waals surface area contributed by atoms with Crippen LogP contribution >= 0.6 is 0 Å². The molecule has 102 valence electrons. The molecule has 1 fully saturated rings. The summed E-state index contributed by atoms with van der Waals surface area (Å²) in [4.78, 5) is 22.6. The number of esters is 1. The molecule has 0 radical (unpaired) electrons. The number of benzene rings is 1. The lowest BCUT2D eigenvalue weighted by Gasteiger charge is -2.24. The lowest BCUT2D eigenvalue weighted by atomic mass is 9.88. The smallest absolute Gasteiger partial charge is 0.337 e. The maximum absolute atomic E-state index is 11.6. The van der Waals surface area contributed by atoms with Crippen LogP contribution in [-0.4, -0.2) is 37.6 Å². The summed E-state index contributed by atoms with van der Waals surface area (Å²) < 4.78 is 4.67. The van der Waals surface area contributed by atoms with E-state index in [1.165, 1.54) is 13.2 Å². The fourth-order valence-corrected chi connectivity index (χ4v) is 2.43. The van der Waals surface area contributed by atoms with Gasteiger partial charge >= 0.3 is 5.97 Å². The van der Waals surface area contributed by atoms with Gasteiger partial charge in [-0.2, -0.15) is 0 Å². The molecule has 2 N–H and O–H groups in total. The minimum Gasteiger partial charge on any atom is -0.507 e. The number of methoxy groups -OCH3 is 1. The molecular formula is C14H17NO4. The maximum atomic E-state index is 11.6. The van der Waals surface area contributed by atoms with Crippen molar-refractivity contribution in [3.63, 3.8) is 0 Å². The Kier molecular flexibility index (Phi) is 4.16. The third-order valence-corrected chi connectivity index (χ3v) is 3.45. The fraction of sp³-hybridized carbons (Fsp3) is 0.429. The second-order valence-electron chi connectivity index (χ2n) is 4.66. The van der Waals surface area contributed by atoms with Crippen LogP contribution in [-0.2, 0) is 4.74 Å². The summed E-state index contributed by atoms with van der Waals surface area (Å²) in [5, 5.41) is 13.4. The molecule has 1 atom stereocenters. The summed E-state index contributed by atoms with van der Waals surface area (Å²) in [5.74, 6) is -0.429. The van der Waals surface area contributed by atoms with Gasteiger partial charge < -0.3 is 15.2 Å². The van der Waals surface area contributed by atoms with Crippen LogP contribution in [0, 0.1) is 0 Å². The van der Waals surface area contributed by atoms with E-state index in [2.05, 4.69) is 10.1 Å². The van der Waals surface area contributed by atoms with E-state index in [9.17, 15) is 14.7 Å². The van der Waals surface area contributed by atoms with E-state index in [1.54, 1.807) is 6.07 Å². The molecule has 1 heterocycles. The molecule has 19 heavy (non-hydrogen) atoms. The largest absolute Gasteiger partial charge is 0.507 e. The average molecular weight is 263 g/mol. The zero-order valence-electron chi connectivity index (χ0n) is 10.8. The minimum atomic E-state index is -0.506. The molecule has 5 nitrogen and oxygen atoms in total. The van der Waals surface area contributed by atoms with E-state index in [4.69, 9.17) is 0 Å². The van der Waals surface area contributed by atoms with Crippen molar-refractivity contribution in [3.05, 3.63) is 28.8 Å². The van der Waals surface area contributed by atoms with Gasteiger partial charge in [-0.1, -0.05) is 0 Å². The van der Waals surface area contributed by atoms with Gasteiger partial charge in [-0.15, -0.1) is 0 Å². The average Bonchev–Trinajstić information content (AvgIpc) is 2.47. The number of carbonyl (C=O) groups excluding carboxylic acids is 2. The standard InChI is InChI=1S/C14H17NO4/c1-19-14(18)10-5-11(8-16)13(17)12(6-10)9-3-2-4-15-7-9/h5-6,8-9,15,17H,2-4,7H2,1H3. The Morgan fingerprint density at radius 1 is 1.53 bits per heavy atom. The van der Waals surface area contributed by atoms with Crippen LogP contribution in [0.15, 0.2) is 12.1 Å². The molecule has 0 amide bonds. The molecule has 0 aliphatic carbocycles. The predicted octanol–water partition coefficient (Wildman–Crippen LogP) is 1.46. The highest BCUT2D eigenvalue weighted by atomic mass is 16.5. The van der Waals surface area contributed by atoms with Crippen molar-refractivity contribution in [1.29, 1.82) is 0 Å². The first-order valence-corrected chi connectivity index (χ1v) is 6.28. The predicted molar refractivity (Wildman–Crippen MR) is 69.7 cm³/mol. The Labute approximate surface area is 111 Å². The molecule has 1 aromatic rings. The van der Waals surface area contributed by atoms with Crippen LogP contribution in [0.4, 0.5) is 0 Å². The number of aromatic hydroxyl groups is 1. The number of phenols is 1. The minimum absolute atomic E-state index is 0.0312. The Bertz CT molecular complexity index is 492. The normalized spacial score (nSPS) is 18.9. The summed E-state index contributed by atoms with van der Waals surface area (Å²) in [7, 11) is 1.29. The van der Waals surface area contributed by atoms with Crippen LogP contribution in [0.1, 0.15) is 45.0 Å².